The summed E-state index contributed by atoms with van der Waals surface area (Å²) in [7, 11) is 0. The number of halogens is 1. The van der Waals surface area contributed by atoms with E-state index in [4.69, 9.17) is 11.6 Å². The molecule has 0 saturated heterocycles. The van der Waals surface area contributed by atoms with Crippen molar-refractivity contribution >= 4 is 29.1 Å². The summed E-state index contributed by atoms with van der Waals surface area (Å²) in [5, 5.41) is 15.2. The van der Waals surface area contributed by atoms with Crippen molar-refractivity contribution in [2.24, 2.45) is 0 Å². The van der Waals surface area contributed by atoms with Gasteiger partial charge in [0.25, 0.3) is 11.8 Å². The Labute approximate surface area is 179 Å². The molecule has 2 amide bonds. The molecule has 30 heavy (non-hydrogen) atoms. The number of aliphatic hydroxyl groups is 1. The van der Waals surface area contributed by atoms with E-state index in [0.29, 0.717) is 22.8 Å². The quantitative estimate of drug-likeness (QED) is 0.539. The maximum absolute atomic E-state index is 12.7. The molecule has 3 N–H and O–H groups in total. The number of amides is 2. The van der Waals surface area contributed by atoms with Crippen LogP contribution >= 0.6 is 11.6 Å². The summed E-state index contributed by atoms with van der Waals surface area (Å²) >= 11 is 6.14. The molecule has 3 rings (SSSR count). The molecule has 0 aliphatic heterocycles. The van der Waals surface area contributed by atoms with E-state index in [-0.39, 0.29) is 18.1 Å². The van der Waals surface area contributed by atoms with Gasteiger partial charge in [0, 0.05) is 40.8 Å². The Bertz CT molecular complexity index is 1050. The molecule has 0 unspecified atom stereocenters. The van der Waals surface area contributed by atoms with Gasteiger partial charge in [-0.2, -0.15) is 0 Å². The van der Waals surface area contributed by atoms with Gasteiger partial charge in [-0.3, -0.25) is 9.59 Å². The molecular formula is C22H23ClN4O3. The standard InChI is InChI=1S/C22H23ClN4O3/c1-22(2,13-28)26-21(30)17-9-18(23)11-19(10-17)25-20(29)16-5-3-4-15(8-16)12-27-7-6-24-14-27/h3-11,14,28H,12-13H2,1-2H3,(H,25,29)(H,26,30). The Morgan fingerprint density at radius 1 is 1.13 bits per heavy atom. The van der Waals surface area contributed by atoms with Crippen LogP contribution in [0.1, 0.15) is 40.1 Å². The summed E-state index contributed by atoms with van der Waals surface area (Å²) in [6.07, 6.45) is 5.26. The van der Waals surface area contributed by atoms with E-state index in [1.165, 1.54) is 6.07 Å². The van der Waals surface area contributed by atoms with Crippen molar-refractivity contribution in [2.45, 2.75) is 25.9 Å². The number of anilines is 1. The highest BCUT2D eigenvalue weighted by atomic mass is 35.5. The topological polar surface area (TPSA) is 96.3 Å². The Hall–Kier alpha value is -3.16. The van der Waals surface area contributed by atoms with E-state index in [1.807, 2.05) is 22.9 Å². The molecule has 0 aliphatic carbocycles. The maximum atomic E-state index is 12.7. The second-order valence-corrected chi connectivity index (χ2v) is 8.05. The minimum Gasteiger partial charge on any atom is -0.394 e. The van der Waals surface area contributed by atoms with Crippen molar-refractivity contribution in [2.75, 3.05) is 11.9 Å². The van der Waals surface area contributed by atoms with Gasteiger partial charge in [0.1, 0.15) is 0 Å². The second-order valence-electron chi connectivity index (χ2n) is 7.61. The highest BCUT2D eigenvalue weighted by Crippen LogP contribution is 2.21. The van der Waals surface area contributed by atoms with Crippen LogP contribution in [0.2, 0.25) is 5.02 Å². The summed E-state index contributed by atoms with van der Waals surface area (Å²) in [5.74, 6) is -0.707. The first kappa shape index (κ1) is 21.5. The highest BCUT2D eigenvalue weighted by molar-refractivity contribution is 6.31. The normalized spacial score (nSPS) is 11.2. The number of hydrogen-bond acceptors (Lipinski definition) is 4. The van der Waals surface area contributed by atoms with Gasteiger partial charge in [0.2, 0.25) is 0 Å². The van der Waals surface area contributed by atoms with Gasteiger partial charge in [0.05, 0.1) is 18.5 Å². The molecule has 0 aliphatic rings. The van der Waals surface area contributed by atoms with Crippen molar-refractivity contribution in [1.29, 1.82) is 0 Å². The Morgan fingerprint density at radius 2 is 1.93 bits per heavy atom. The van der Waals surface area contributed by atoms with E-state index < -0.39 is 11.4 Å². The fraction of sp³-hybridized carbons (Fsp3) is 0.227. The van der Waals surface area contributed by atoms with Gasteiger partial charge < -0.3 is 20.3 Å². The summed E-state index contributed by atoms with van der Waals surface area (Å²) in [4.78, 5) is 29.2. The largest absolute Gasteiger partial charge is 0.394 e. The average molecular weight is 427 g/mol. The van der Waals surface area contributed by atoms with Crippen molar-refractivity contribution in [3.63, 3.8) is 0 Å². The lowest BCUT2D eigenvalue weighted by atomic mass is 10.1. The zero-order chi connectivity index (χ0) is 21.7. The number of imidazole rings is 1. The first-order valence-electron chi connectivity index (χ1n) is 9.36. The number of carbonyl (C=O) groups is 2. The van der Waals surface area contributed by atoms with Crippen LogP contribution in [0.15, 0.2) is 61.2 Å². The molecule has 3 aromatic rings. The van der Waals surface area contributed by atoms with Gasteiger partial charge in [-0.15, -0.1) is 0 Å². The van der Waals surface area contributed by atoms with Gasteiger partial charge in [-0.1, -0.05) is 23.7 Å². The van der Waals surface area contributed by atoms with E-state index in [2.05, 4.69) is 15.6 Å². The van der Waals surface area contributed by atoms with E-state index in [9.17, 15) is 14.7 Å². The van der Waals surface area contributed by atoms with Gasteiger partial charge >= 0.3 is 0 Å². The van der Waals surface area contributed by atoms with Crippen LogP contribution in [-0.2, 0) is 6.54 Å². The monoisotopic (exact) mass is 426 g/mol. The molecule has 0 fully saturated rings. The number of rotatable bonds is 7. The number of aliphatic hydroxyl groups excluding tert-OH is 1. The Balaban J connectivity index is 1.75. The minimum absolute atomic E-state index is 0.210. The maximum Gasteiger partial charge on any atom is 0.255 e. The number of benzene rings is 2. The molecular weight excluding hydrogens is 404 g/mol. The molecule has 7 nitrogen and oxygen atoms in total. The van der Waals surface area contributed by atoms with Crippen molar-refractivity contribution < 1.29 is 14.7 Å². The van der Waals surface area contributed by atoms with E-state index in [0.717, 1.165) is 5.56 Å². The average Bonchev–Trinajstić information content (AvgIpc) is 3.20. The molecule has 156 valence electrons. The first-order chi connectivity index (χ1) is 14.3. The molecule has 1 aromatic heterocycles. The van der Waals surface area contributed by atoms with Crippen molar-refractivity contribution in [3.8, 4) is 0 Å². The van der Waals surface area contributed by atoms with Crippen molar-refractivity contribution in [1.82, 2.24) is 14.9 Å². The van der Waals surface area contributed by atoms with Crippen LogP contribution in [0.4, 0.5) is 5.69 Å². The summed E-state index contributed by atoms with van der Waals surface area (Å²) in [5.41, 5.74) is 1.35. The lowest BCUT2D eigenvalue weighted by Gasteiger charge is -2.23. The third-order valence-corrected chi connectivity index (χ3v) is 4.60. The zero-order valence-electron chi connectivity index (χ0n) is 16.7. The number of nitrogens with one attached hydrogen (secondary N) is 2. The summed E-state index contributed by atoms with van der Waals surface area (Å²) in [6, 6.07) is 11.9. The molecule has 0 atom stereocenters. The number of aromatic nitrogens is 2. The Kier molecular flexibility index (Phi) is 6.54. The fourth-order valence-corrected chi connectivity index (χ4v) is 3.05. The molecule has 2 aromatic carbocycles. The van der Waals surface area contributed by atoms with Crippen LogP contribution in [0.3, 0.4) is 0 Å². The van der Waals surface area contributed by atoms with Gasteiger partial charge in [0.15, 0.2) is 0 Å². The van der Waals surface area contributed by atoms with E-state index >= 15 is 0 Å². The SMILES string of the molecule is CC(C)(CO)NC(=O)c1cc(Cl)cc(NC(=O)c2cccc(Cn3ccnc3)c2)c1. The fourth-order valence-electron chi connectivity index (χ4n) is 2.82. The molecule has 0 bridgehead atoms. The van der Waals surface area contributed by atoms with Gasteiger partial charge in [-0.25, -0.2) is 4.98 Å². The zero-order valence-corrected chi connectivity index (χ0v) is 17.5. The third kappa shape index (κ3) is 5.68. The predicted octanol–water partition coefficient (Wildman–Crippen LogP) is 3.34. The van der Waals surface area contributed by atoms with E-state index in [1.54, 1.807) is 50.6 Å². The van der Waals surface area contributed by atoms with Crippen molar-refractivity contribution in [3.05, 3.63) is 82.9 Å². The molecule has 8 heteroatoms. The van der Waals surface area contributed by atoms with Crippen LogP contribution in [-0.4, -0.2) is 38.6 Å². The lowest BCUT2D eigenvalue weighted by molar-refractivity contribution is 0.0868. The third-order valence-electron chi connectivity index (χ3n) is 4.38. The minimum atomic E-state index is -0.779. The summed E-state index contributed by atoms with van der Waals surface area (Å²) in [6.45, 7) is 3.80. The number of hydrogen-bond donors (Lipinski definition) is 3. The second kappa shape index (κ2) is 9.11. The summed E-state index contributed by atoms with van der Waals surface area (Å²) < 4.78 is 1.91. The lowest BCUT2D eigenvalue weighted by Crippen LogP contribution is -2.46. The smallest absolute Gasteiger partial charge is 0.255 e. The number of nitrogens with zero attached hydrogens (tertiary/aromatic N) is 2. The predicted molar refractivity (Wildman–Crippen MR) is 116 cm³/mol. The Morgan fingerprint density at radius 3 is 2.63 bits per heavy atom. The van der Waals surface area contributed by atoms with Crippen LogP contribution in [0, 0.1) is 0 Å². The van der Waals surface area contributed by atoms with Crippen LogP contribution in [0.5, 0.6) is 0 Å². The molecule has 1 heterocycles. The molecule has 0 spiro atoms. The first-order valence-corrected chi connectivity index (χ1v) is 9.73. The van der Waals surface area contributed by atoms with Gasteiger partial charge in [-0.05, 0) is 49.7 Å². The molecule has 0 radical (unpaired) electrons. The number of carbonyl (C=O) groups excluding carboxylic acids is 2. The molecule has 0 saturated carbocycles. The van der Waals surface area contributed by atoms with Crippen LogP contribution < -0.4 is 10.6 Å². The highest BCUT2D eigenvalue weighted by Gasteiger charge is 2.21. The van der Waals surface area contributed by atoms with Crippen LogP contribution in [0.25, 0.3) is 0 Å².